The molecule has 0 aliphatic carbocycles. The molecule has 0 atom stereocenters. The van der Waals surface area contributed by atoms with Gasteiger partial charge in [-0.3, -0.25) is 0 Å². The van der Waals surface area contributed by atoms with Crippen molar-refractivity contribution >= 4 is 0 Å². The SMILES string of the molecule is CC/C=C\CC=CCC=CC=CCCCCC. The summed E-state index contributed by atoms with van der Waals surface area (Å²) in [4.78, 5) is 0. The Hall–Kier alpha value is -1.04. The molecule has 0 spiro atoms. The molecule has 0 aliphatic heterocycles. The second-order valence-electron chi connectivity index (χ2n) is 4.17. The van der Waals surface area contributed by atoms with Crippen molar-refractivity contribution in [3.63, 3.8) is 0 Å². The number of hydrogen-bond acceptors (Lipinski definition) is 0. The van der Waals surface area contributed by atoms with Crippen LogP contribution in [0.3, 0.4) is 0 Å². The minimum absolute atomic E-state index is 1.04. The molecule has 0 aliphatic rings. The number of hydrogen-bond donors (Lipinski definition) is 0. The quantitative estimate of drug-likeness (QED) is 0.247. The number of rotatable bonds is 10. The minimum atomic E-state index is 1.04. The molecule has 0 rings (SSSR count). The summed E-state index contributed by atoms with van der Waals surface area (Å²) in [7, 11) is 0. The Morgan fingerprint density at radius 2 is 1.29 bits per heavy atom. The maximum atomic E-state index is 2.26. The van der Waals surface area contributed by atoms with E-state index in [-0.39, 0.29) is 0 Å². The maximum absolute atomic E-state index is 2.26. The van der Waals surface area contributed by atoms with E-state index in [9.17, 15) is 0 Å². The van der Waals surface area contributed by atoms with Gasteiger partial charge in [-0.2, -0.15) is 0 Å². The van der Waals surface area contributed by atoms with Gasteiger partial charge in [-0.15, -0.1) is 0 Å². The third kappa shape index (κ3) is 15.0. The molecule has 0 saturated carbocycles. The van der Waals surface area contributed by atoms with Crippen LogP contribution in [0.25, 0.3) is 0 Å². The Bertz CT molecular complexity index is 241. The van der Waals surface area contributed by atoms with Gasteiger partial charge in [0, 0.05) is 0 Å². The molecular formula is C17H28. The molecule has 0 N–H and O–H groups in total. The third-order valence-electron chi connectivity index (χ3n) is 2.47. The van der Waals surface area contributed by atoms with Crippen LogP contribution in [0.4, 0.5) is 0 Å². The van der Waals surface area contributed by atoms with Crippen molar-refractivity contribution in [2.45, 2.75) is 58.8 Å². The van der Waals surface area contributed by atoms with Gasteiger partial charge >= 0.3 is 0 Å². The molecule has 0 aromatic carbocycles. The average molecular weight is 232 g/mol. The van der Waals surface area contributed by atoms with Crippen LogP contribution in [0.15, 0.2) is 48.6 Å². The zero-order valence-corrected chi connectivity index (χ0v) is 11.6. The summed E-state index contributed by atoms with van der Waals surface area (Å²) in [5.41, 5.74) is 0. The molecule has 0 heterocycles. The molecule has 0 aromatic heterocycles. The first-order chi connectivity index (χ1) is 8.41. The molecule has 17 heavy (non-hydrogen) atoms. The summed E-state index contributed by atoms with van der Waals surface area (Å²) in [5, 5.41) is 0. The highest BCUT2D eigenvalue weighted by Gasteiger charge is 1.79. The van der Waals surface area contributed by atoms with Gasteiger partial charge in [0.15, 0.2) is 0 Å². The highest BCUT2D eigenvalue weighted by Crippen LogP contribution is 1.99. The van der Waals surface area contributed by atoms with Crippen LogP contribution in [-0.2, 0) is 0 Å². The lowest BCUT2D eigenvalue weighted by molar-refractivity contribution is 0.729. The van der Waals surface area contributed by atoms with Crippen LogP contribution in [0, 0.1) is 0 Å². The average Bonchev–Trinajstić information content (AvgIpc) is 2.35. The van der Waals surface area contributed by atoms with Crippen molar-refractivity contribution in [3.05, 3.63) is 48.6 Å². The predicted molar refractivity (Wildman–Crippen MR) is 80.2 cm³/mol. The second kappa shape index (κ2) is 15.0. The van der Waals surface area contributed by atoms with Crippen LogP contribution in [0.2, 0.25) is 0 Å². The van der Waals surface area contributed by atoms with Crippen LogP contribution < -0.4 is 0 Å². The van der Waals surface area contributed by atoms with E-state index in [1.54, 1.807) is 0 Å². The molecule has 0 aromatic rings. The van der Waals surface area contributed by atoms with Gasteiger partial charge in [0.1, 0.15) is 0 Å². The summed E-state index contributed by atoms with van der Waals surface area (Å²) in [6, 6.07) is 0. The van der Waals surface area contributed by atoms with Crippen LogP contribution >= 0.6 is 0 Å². The maximum Gasteiger partial charge on any atom is -0.0166 e. The van der Waals surface area contributed by atoms with Gasteiger partial charge in [-0.1, -0.05) is 75.3 Å². The molecule has 0 amide bonds. The van der Waals surface area contributed by atoms with Crippen molar-refractivity contribution in [1.29, 1.82) is 0 Å². The first-order valence-electron chi connectivity index (χ1n) is 7.03. The molecule has 0 unspecified atom stereocenters. The normalized spacial score (nSPS) is 12.8. The van der Waals surface area contributed by atoms with E-state index in [0.29, 0.717) is 0 Å². The van der Waals surface area contributed by atoms with Crippen molar-refractivity contribution in [2.24, 2.45) is 0 Å². The summed E-state index contributed by atoms with van der Waals surface area (Å²) in [6.45, 7) is 4.40. The number of unbranched alkanes of at least 4 members (excludes halogenated alkanes) is 3. The van der Waals surface area contributed by atoms with E-state index in [1.807, 2.05) is 0 Å². The van der Waals surface area contributed by atoms with Crippen LogP contribution in [0.5, 0.6) is 0 Å². The molecule has 96 valence electrons. The van der Waals surface area contributed by atoms with Crippen molar-refractivity contribution in [3.8, 4) is 0 Å². The molecule has 0 bridgehead atoms. The topological polar surface area (TPSA) is 0 Å². The summed E-state index contributed by atoms with van der Waals surface area (Å²) >= 11 is 0. The Morgan fingerprint density at radius 1 is 0.647 bits per heavy atom. The first-order valence-corrected chi connectivity index (χ1v) is 7.03. The highest BCUT2D eigenvalue weighted by atomic mass is 13.9. The van der Waals surface area contributed by atoms with E-state index in [0.717, 1.165) is 19.3 Å². The number of allylic oxidation sites excluding steroid dienone is 8. The van der Waals surface area contributed by atoms with Gasteiger partial charge in [-0.25, -0.2) is 0 Å². The standard InChI is InChI=1S/C17H28/c1-3-5-7-9-11-13-15-17-16-14-12-10-8-6-4-2/h5,7,11-14,16-17H,3-4,6,8-10,15H2,1-2H3/b7-5-,13-11?,14-12?,17-16?. The van der Waals surface area contributed by atoms with Gasteiger partial charge < -0.3 is 0 Å². The summed E-state index contributed by atoms with van der Waals surface area (Å²) in [5.74, 6) is 0. The molecule has 0 saturated heterocycles. The van der Waals surface area contributed by atoms with E-state index in [4.69, 9.17) is 0 Å². The fourth-order valence-electron chi connectivity index (χ4n) is 1.46. The summed E-state index contributed by atoms with van der Waals surface area (Å²) in [6.07, 6.45) is 26.1. The third-order valence-corrected chi connectivity index (χ3v) is 2.47. The second-order valence-corrected chi connectivity index (χ2v) is 4.17. The first kappa shape index (κ1) is 16.0. The van der Waals surface area contributed by atoms with E-state index < -0.39 is 0 Å². The van der Waals surface area contributed by atoms with Crippen molar-refractivity contribution in [1.82, 2.24) is 0 Å². The van der Waals surface area contributed by atoms with Gasteiger partial charge in [0.2, 0.25) is 0 Å². The van der Waals surface area contributed by atoms with Gasteiger partial charge in [0.05, 0.1) is 0 Å². The van der Waals surface area contributed by atoms with E-state index in [1.165, 1.54) is 25.7 Å². The Labute approximate surface area is 108 Å². The van der Waals surface area contributed by atoms with Crippen molar-refractivity contribution in [2.75, 3.05) is 0 Å². The molecular weight excluding hydrogens is 204 g/mol. The molecule has 0 fully saturated rings. The molecule has 0 radical (unpaired) electrons. The van der Waals surface area contributed by atoms with Crippen LogP contribution in [-0.4, -0.2) is 0 Å². The highest BCUT2D eigenvalue weighted by molar-refractivity contribution is 5.05. The molecule has 0 heteroatoms. The largest absolute Gasteiger partial charge is 0.0885 e. The molecule has 0 nitrogen and oxygen atoms in total. The van der Waals surface area contributed by atoms with Gasteiger partial charge in [-0.05, 0) is 32.1 Å². The fourth-order valence-corrected chi connectivity index (χ4v) is 1.46. The lowest BCUT2D eigenvalue weighted by atomic mass is 10.2. The Balaban J connectivity index is 3.38. The lowest BCUT2D eigenvalue weighted by Gasteiger charge is -1.89. The van der Waals surface area contributed by atoms with Crippen LogP contribution in [0.1, 0.15) is 58.8 Å². The Kier molecular flexibility index (Phi) is 14.0. The Morgan fingerprint density at radius 3 is 2.00 bits per heavy atom. The van der Waals surface area contributed by atoms with E-state index in [2.05, 4.69) is 62.5 Å². The zero-order valence-electron chi connectivity index (χ0n) is 11.6. The predicted octanol–water partition coefficient (Wildman–Crippen LogP) is 5.98. The zero-order chi connectivity index (χ0) is 12.6. The minimum Gasteiger partial charge on any atom is -0.0885 e. The van der Waals surface area contributed by atoms with Crippen molar-refractivity contribution < 1.29 is 0 Å². The fraction of sp³-hybridized carbons (Fsp3) is 0.529. The van der Waals surface area contributed by atoms with E-state index >= 15 is 0 Å². The smallest absolute Gasteiger partial charge is 0.0166 e. The van der Waals surface area contributed by atoms with Gasteiger partial charge in [0.25, 0.3) is 0 Å². The lowest BCUT2D eigenvalue weighted by Crippen LogP contribution is -1.69. The summed E-state index contributed by atoms with van der Waals surface area (Å²) < 4.78 is 0. The monoisotopic (exact) mass is 232 g/mol.